The zero-order chi connectivity index (χ0) is 20.3. The van der Waals surface area contributed by atoms with Crippen LogP contribution in [-0.4, -0.2) is 24.2 Å². The van der Waals surface area contributed by atoms with Gasteiger partial charge in [0, 0.05) is 10.9 Å². The van der Waals surface area contributed by atoms with E-state index in [-0.39, 0.29) is 34.5 Å². The number of methoxy groups -OCH3 is 1. The molecule has 0 radical (unpaired) electrons. The second kappa shape index (κ2) is 7.96. The molecule has 28 heavy (non-hydrogen) atoms. The molecule has 0 spiro atoms. The average molecular weight is 382 g/mol. The van der Waals surface area contributed by atoms with Crippen LogP contribution in [0.3, 0.4) is 0 Å². The number of aryl methyl sites for hydroxylation is 1. The second-order valence-electron chi connectivity index (χ2n) is 6.14. The molecule has 3 rings (SSSR count). The first-order valence-electron chi connectivity index (χ1n) is 8.48. The van der Waals surface area contributed by atoms with Crippen molar-refractivity contribution < 1.29 is 28.6 Å². The highest BCUT2D eigenvalue weighted by molar-refractivity contribution is 6.05. The number of benzene rings is 2. The van der Waals surface area contributed by atoms with Crippen LogP contribution in [0.15, 0.2) is 51.7 Å². The maximum atomic E-state index is 12.9. The first kappa shape index (κ1) is 19.2. The van der Waals surface area contributed by atoms with Crippen molar-refractivity contribution in [2.24, 2.45) is 0 Å². The molecule has 1 heterocycles. The van der Waals surface area contributed by atoms with Crippen molar-refractivity contribution in [1.29, 1.82) is 0 Å². The smallest absolute Gasteiger partial charge is 0.340 e. The number of hydrogen-bond donors (Lipinski definition) is 1. The fraction of sp³-hybridized carbons (Fsp3) is 0.190. The second-order valence-corrected chi connectivity index (χ2v) is 6.14. The monoisotopic (exact) mass is 382 g/mol. The lowest BCUT2D eigenvalue weighted by Crippen LogP contribution is -2.21. The van der Waals surface area contributed by atoms with Gasteiger partial charge in [0.25, 0.3) is 0 Å². The third-order valence-electron chi connectivity index (χ3n) is 4.36. The van der Waals surface area contributed by atoms with Crippen LogP contribution < -0.4 is 5.63 Å². The van der Waals surface area contributed by atoms with E-state index in [1.165, 1.54) is 19.2 Å². The Morgan fingerprint density at radius 2 is 1.82 bits per heavy atom. The Labute approximate surface area is 160 Å². The molecular formula is C21H18O7. The molecule has 0 saturated heterocycles. The molecule has 0 atom stereocenters. The molecule has 0 aliphatic rings. The van der Waals surface area contributed by atoms with Crippen molar-refractivity contribution in [3.8, 4) is 5.75 Å². The number of aromatic hydroxyl groups is 1. The van der Waals surface area contributed by atoms with Crippen LogP contribution in [-0.2, 0) is 27.3 Å². The van der Waals surface area contributed by atoms with Crippen molar-refractivity contribution in [3.63, 3.8) is 0 Å². The molecule has 1 N–H and O–H groups in total. The molecule has 0 fully saturated rings. The van der Waals surface area contributed by atoms with Crippen molar-refractivity contribution in [2.45, 2.75) is 20.0 Å². The Bertz CT molecular complexity index is 1100. The Morgan fingerprint density at radius 3 is 2.50 bits per heavy atom. The van der Waals surface area contributed by atoms with E-state index in [9.17, 15) is 19.5 Å². The first-order valence-corrected chi connectivity index (χ1v) is 8.48. The summed E-state index contributed by atoms with van der Waals surface area (Å²) in [5, 5.41) is 10.2. The molecule has 3 aromatic rings. The summed E-state index contributed by atoms with van der Waals surface area (Å²) in [6, 6.07) is 11.9. The highest BCUT2D eigenvalue weighted by atomic mass is 16.5. The molecule has 0 saturated carbocycles. The lowest BCUT2D eigenvalue weighted by atomic mass is 10.00. The van der Waals surface area contributed by atoms with Crippen LogP contribution in [0.1, 0.15) is 27.0 Å². The van der Waals surface area contributed by atoms with Crippen molar-refractivity contribution >= 4 is 22.9 Å². The molecule has 0 bridgehead atoms. The third kappa shape index (κ3) is 3.73. The SMILES string of the molecule is COC(=O)Cc1c(C(=O)OCc2ccccc2)c2ccc(O)c(C)c2oc1=O. The summed E-state index contributed by atoms with van der Waals surface area (Å²) >= 11 is 0. The number of hydrogen-bond acceptors (Lipinski definition) is 7. The van der Waals surface area contributed by atoms with Gasteiger partial charge in [-0.25, -0.2) is 9.59 Å². The van der Waals surface area contributed by atoms with E-state index in [0.717, 1.165) is 5.56 Å². The molecule has 2 aromatic carbocycles. The number of carbonyl (C=O) groups excluding carboxylic acids is 2. The number of fused-ring (bicyclic) bond motifs is 1. The van der Waals surface area contributed by atoms with Gasteiger partial charge in [0.15, 0.2) is 0 Å². The summed E-state index contributed by atoms with van der Waals surface area (Å²) in [5.74, 6) is -1.55. The molecular weight excluding hydrogens is 364 g/mol. The van der Waals surface area contributed by atoms with E-state index in [4.69, 9.17) is 9.15 Å². The van der Waals surface area contributed by atoms with Gasteiger partial charge in [-0.3, -0.25) is 4.79 Å². The summed E-state index contributed by atoms with van der Waals surface area (Å²) in [6.45, 7) is 1.55. The average Bonchev–Trinajstić information content (AvgIpc) is 2.70. The largest absolute Gasteiger partial charge is 0.508 e. The molecule has 144 valence electrons. The predicted molar refractivity (Wildman–Crippen MR) is 100 cm³/mol. The molecule has 1 aromatic heterocycles. The maximum Gasteiger partial charge on any atom is 0.340 e. The summed E-state index contributed by atoms with van der Waals surface area (Å²) < 4.78 is 15.3. The lowest BCUT2D eigenvalue weighted by Gasteiger charge is -2.12. The fourth-order valence-corrected chi connectivity index (χ4v) is 2.83. The Hall–Kier alpha value is -3.61. The van der Waals surface area contributed by atoms with Gasteiger partial charge in [0.1, 0.15) is 17.9 Å². The Morgan fingerprint density at radius 1 is 1.11 bits per heavy atom. The van der Waals surface area contributed by atoms with E-state index in [2.05, 4.69) is 4.74 Å². The number of rotatable bonds is 5. The van der Waals surface area contributed by atoms with Crippen molar-refractivity contribution in [3.05, 3.63) is 75.1 Å². The zero-order valence-electron chi connectivity index (χ0n) is 15.4. The minimum Gasteiger partial charge on any atom is -0.508 e. The molecule has 7 heteroatoms. The number of carbonyl (C=O) groups is 2. The lowest BCUT2D eigenvalue weighted by molar-refractivity contribution is -0.139. The van der Waals surface area contributed by atoms with Gasteiger partial charge in [-0.15, -0.1) is 0 Å². The fourth-order valence-electron chi connectivity index (χ4n) is 2.83. The summed E-state index contributed by atoms with van der Waals surface area (Å²) in [4.78, 5) is 37.1. The molecule has 0 unspecified atom stereocenters. The third-order valence-corrected chi connectivity index (χ3v) is 4.36. The van der Waals surface area contributed by atoms with Gasteiger partial charge in [0.05, 0.1) is 24.7 Å². The predicted octanol–water partition coefficient (Wildman–Crippen LogP) is 2.88. The van der Waals surface area contributed by atoms with Crippen LogP contribution in [0.25, 0.3) is 11.0 Å². The van der Waals surface area contributed by atoms with E-state index in [1.54, 1.807) is 19.1 Å². The van der Waals surface area contributed by atoms with Crippen molar-refractivity contribution in [1.82, 2.24) is 0 Å². The first-order chi connectivity index (χ1) is 13.4. The van der Waals surface area contributed by atoms with E-state index in [1.807, 2.05) is 18.2 Å². The van der Waals surface area contributed by atoms with Crippen LogP contribution >= 0.6 is 0 Å². The topological polar surface area (TPSA) is 103 Å². The van der Waals surface area contributed by atoms with Crippen LogP contribution in [0.4, 0.5) is 0 Å². The minimum atomic E-state index is -0.863. The number of phenolic OH excluding ortho intramolecular Hbond substituents is 1. The normalized spacial score (nSPS) is 10.6. The Balaban J connectivity index is 2.12. The van der Waals surface area contributed by atoms with Gasteiger partial charge in [-0.2, -0.15) is 0 Å². The van der Waals surface area contributed by atoms with Crippen LogP contribution in [0, 0.1) is 6.92 Å². The summed E-state index contributed by atoms with van der Waals surface area (Å²) in [7, 11) is 1.18. The number of esters is 2. The van der Waals surface area contributed by atoms with Gasteiger partial charge in [-0.1, -0.05) is 30.3 Å². The highest BCUT2D eigenvalue weighted by Gasteiger charge is 2.25. The highest BCUT2D eigenvalue weighted by Crippen LogP contribution is 2.29. The molecule has 7 nitrogen and oxygen atoms in total. The van der Waals surface area contributed by atoms with Crippen LogP contribution in [0.5, 0.6) is 5.75 Å². The van der Waals surface area contributed by atoms with E-state index >= 15 is 0 Å². The zero-order valence-corrected chi connectivity index (χ0v) is 15.4. The standard InChI is InChI=1S/C21H18O7/c1-12-16(22)9-8-14-18(21(25)27-11-13-6-4-3-5-7-13)15(10-17(23)26-2)20(24)28-19(12)14/h3-9,22H,10-11H2,1-2H3. The van der Waals surface area contributed by atoms with Crippen LogP contribution in [0.2, 0.25) is 0 Å². The summed E-state index contributed by atoms with van der Waals surface area (Å²) in [6.07, 6.45) is -0.440. The van der Waals surface area contributed by atoms with Crippen molar-refractivity contribution in [2.75, 3.05) is 7.11 Å². The van der Waals surface area contributed by atoms with Gasteiger partial charge in [-0.05, 0) is 24.6 Å². The number of phenols is 1. The van der Waals surface area contributed by atoms with Gasteiger partial charge < -0.3 is 19.0 Å². The Kier molecular flexibility index (Phi) is 5.44. The minimum absolute atomic E-state index is 0.00385. The molecule has 0 aliphatic carbocycles. The quantitative estimate of drug-likeness (QED) is 0.534. The molecule has 0 amide bonds. The van der Waals surface area contributed by atoms with E-state index < -0.39 is 24.0 Å². The summed E-state index contributed by atoms with van der Waals surface area (Å²) in [5.41, 5.74) is 0.0458. The number of ether oxygens (including phenoxy) is 2. The van der Waals surface area contributed by atoms with E-state index in [0.29, 0.717) is 5.56 Å². The maximum absolute atomic E-state index is 12.9. The van der Waals surface area contributed by atoms with Gasteiger partial charge in [0.2, 0.25) is 0 Å². The van der Waals surface area contributed by atoms with Gasteiger partial charge >= 0.3 is 17.6 Å². The molecule has 0 aliphatic heterocycles.